The minimum atomic E-state index is -0.810. The molecule has 1 aliphatic rings. The van der Waals surface area contributed by atoms with Gasteiger partial charge in [-0.05, 0) is 43.7 Å². The molecular formula is C23H28N2O4. The number of carbonyl (C=O) groups excluding carboxylic acids is 2. The first kappa shape index (κ1) is 20.9. The summed E-state index contributed by atoms with van der Waals surface area (Å²) in [6.45, 7) is 7.86. The van der Waals surface area contributed by atoms with Gasteiger partial charge in [0.25, 0.3) is 5.91 Å². The minimum Gasteiger partial charge on any atom is -0.494 e. The summed E-state index contributed by atoms with van der Waals surface area (Å²) in [4.78, 5) is 29.1. The third-order valence-corrected chi connectivity index (χ3v) is 4.97. The number of esters is 1. The van der Waals surface area contributed by atoms with Crippen molar-refractivity contribution in [3.05, 3.63) is 65.7 Å². The van der Waals surface area contributed by atoms with Gasteiger partial charge in [-0.1, -0.05) is 30.3 Å². The van der Waals surface area contributed by atoms with Crippen molar-refractivity contribution in [3.63, 3.8) is 0 Å². The topological polar surface area (TPSA) is 59.1 Å². The summed E-state index contributed by atoms with van der Waals surface area (Å²) in [6.07, 6.45) is -0.810. The Labute approximate surface area is 172 Å². The van der Waals surface area contributed by atoms with E-state index in [1.54, 1.807) is 36.1 Å². The lowest BCUT2D eigenvalue weighted by Gasteiger charge is -2.35. The molecular weight excluding hydrogens is 368 g/mol. The van der Waals surface area contributed by atoms with Crippen molar-refractivity contribution < 1.29 is 19.1 Å². The molecule has 1 saturated heterocycles. The highest BCUT2D eigenvalue weighted by Gasteiger charge is 2.27. The molecule has 2 aromatic carbocycles. The predicted molar refractivity (Wildman–Crippen MR) is 111 cm³/mol. The molecule has 154 valence electrons. The van der Waals surface area contributed by atoms with Crippen LogP contribution in [-0.4, -0.2) is 60.6 Å². The summed E-state index contributed by atoms with van der Waals surface area (Å²) in [7, 11) is 0. The molecule has 1 atom stereocenters. The second-order valence-corrected chi connectivity index (χ2v) is 7.09. The lowest BCUT2D eigenvalue weighted by Crippen LogP contribution is -2.51. The van der Waals surface area contributed by atoms with E-state index in [-0.39, 0.29) is 5.91 Å². The Kier molecular flexibility index (Phi) is 7.25. The van der Waals surface area contributed by atoms with Crippen LogP contribution in [0.5, 0.6) is 5.75 Å². The lowest BCUT2D eigenvalue weighted by atomic mass is 10.2. The maximum Gasteiger partial charge on any atom is 0.338 e. The first-order valence-electron chi connectivity index (χ1n) is 10.1. The summed E-state index contributed by atoms with van der Waals surface area (Å²) >= 11 is 0. The van der Waals surface area contributed by atoms with E-state index in [0.29, 0.717) is 31.0 Å². The van der Waals surface area contributed by atoms with E-state index in [9.17, 15) is 9.59 Å². The van der Waals surface area contributed by atoms with Crippen LogP contribution in [0.15, 0.2) is 54.6 Å². The van der Waals surface area contributed by atoms with Crippen LogP contribution in [0, 0.1) is 0 Å². The highest BCUT2D eigenvalue weighted by atomic mass is 16.5. The second kappa shape index (κ2) is 10.1. The van der Waals surface area contributed by atoms with Crippen molar-refractivity contribution in [1.29, 1.82) is 0 Å². The smallest absolute Gasteiger partial charge is 0.338 e. The quantitative estimate of drug-likeness (QED) is 0.674. The molecule has 0 aromatic heterocycles. The standard InChI is InChI=1S/C23H28N2O4/c1-3-28-21-11-9-20(10-12-21)23(27)29-18(2)22(26)25-15-13-24(14-16-25)17-19-7-5-4-6-8-19/h4-12,18H,3,13-17H2,1-2H3. The normalized spacial score (nSPS) is 15.6. The van der Waals surface area contributed by atoms with Gasteiger partial charge in [0.1, 0.15) is 5.75 Å². The number of benzene rings is 2. The molecule has 2 aromatic rings. The molecule has 1 fully saturated rings. The van der Waals surface area contributed by atoms with Crippen molar-refractivity contribution in [1.82, 2.24) is 9.80 Å². The highest BCUT2D eigenvalue weighted by Crippen LogP contribution is 2.15. The Bertz CT molecular complexity index is 799. The van der Waals surface area contributed by atoms with Crippen molar-refractivity contribution in [2.24, 2.45) is 0 Å². The third-order valence-electron chi connectivity index (χ3n) is 4.97. The zero-order valence-corrected chi connectivity index (χ0v) is 17.0. The van der Waals surface area contributed by atoms with Crippen LogP contribution in [0.25, 0.3) is 0 Å². The fourth-order valence-corrected chi connectivity index (χ4v) is 3.36. The second-order valence-electron chi connectivity index (χ2n) is 7.09. The van der Waals surface area contributed by atoms with Gasteiger partial charge in [0.2, 0.25) is 0 Å². The van der Waals surface area contributed by atoms with Crippen LogP contribution >= 0.6 is 0 Å². The molecule has 29 heavy (non-hydrogen) atoms. The first-order chi connectivity index (χ1) is 14.1. The van der Waals surface area contributed by atoms with Crippen molar-refractivity contribution in [3.8, 4) is 5.75 Å². The van der Waals surface area contributed by atoms with E-state index in [1.165, 1.54) is 5.56 Å². The van der Waals surface area contributed by atoms with E-state index in [0.717, 1.165) is 19.6 Å². The number of amides is 1. The summed E-state index contributed by atoms with van der Waals surface area (Å²) in [5.74, 6) is 0.0433. The first-order valence-corrected chi connectivity index (χ1v) is 10.1. The van der Waals surface area contributed by atoms with Crippen molar-refractivity contribution >= 4 is 11.9 Å². The lowest BCUT2D eigenvalue weighted by molar-refractivity contribution is -0.141. The molecule has 1 unspecified atom stereocenters. The predicted octanol–water partition coefficient (Wildman–Crippen LogP) is 2.98. The molecule has 3 rings (SSSR count). The van der Waals surface area contributed by atoms with Gasteiger partial charge in [0, 0.05) is 32.7 Å². The molecule has 1 amide bonds. The Morgan fingerprint density at radius 3 is 2.24 bits per heavy atom. The fraction of sp³-hybridized carbons (Fsp3) is 0.391. The van der Waals surface area contributed by atoms with Crippen molar-refractivity contribution in [2.75, 3.05) is 32.8 Å². The third kappa shape index (κ3) is 5.81. The number of ether oxygens (including phenoxy) is 2. The Hall–Kier alpha value is -2.86. The summed E-state index contributed by atoms with van der Waals surface area (Å²) in [5.41, 5.74) is 1.67. The summed E-state index contributed by atoms with van der Waals surface area (Å²) < 4.78 is 10.8. The van der Waals surface area contributed by atoms with Gasteiger partial charge in [0.15, 0.2) is 6.10 Å². The van der Waals surface area contributed by atoms with Gasteiger partial charge in [-0.15, -0.1) is 0 Å². The van der Waals surface area contributed by atoms with Crippen LogP contribution < -0.4 is 4.74 Å². The molecule has 6 heteroatoms. The van der Waals surface area contributed by atoms with Gasteiger partial charge in [-0.3, -0.25) is 9.69 Å². The number of rotatable bonds is 7. The summed E-state index contributed by atoms with van der Waals surface area (Å²) in [5, 5.41) is 0. The van der Waals surface area contributed by atoms with Gasteiger partial charge in [-0.2, -0.15) is 0 Å². The summed E-state index contributed by atoms with van der Waals surface area (Å²) in [6, 6.07) is 17.0. The molecule has 0 spiro atoms. The van der Waals surface area contributed by atoms with Crippen LogP contribution in [0.4, 0.5) is 0 Å². The van der Waals surface area contributed by atoms with E-state index in [2.05, 4.69) is 17.0 Å². The van der Waals surface area contributed by atoms with E-state index < -0.39 is 12.1 Å². The average Bonchev–Trinajstić information content (AvgIpc) is 2.75. The number of carbonyl (C=O) groups is 2. The maximum atomic E-state index is 12.7. The number of piperazine rings is 1. The molecule has 6 nitrogen and oxygen atoms in total. The molecule has 1 aliphatic heterocycles. The maximum absolute atomic E-state index is 12.7. The van der Waals surface area contributed by atoms with Crippen LogP contribution in [-0.2, 0) is 16.1 Å². The van der Waals surface area contributed by atoms with Gasteiger partial charge < -0.3 is 14.4 Å². The molecule has 1 heterocycles. The van der Waals surface area contributed by atoms with Crippen LogP contribution in [0.2, 0.25) is 0 Å². The zero-order chi connectivity index (χ0) is 20.6. The number of nitrogens with zero attached hydrogens (tertiary/aromatic N) is 2. The Morgan fingerprint density at radius 1 is 0.966 bits per heavy atom. The number of hydrogen-bond acceptors (Lipinski definition) is 5. The molecule has 0 bridgehead atoms. The number of hydrogen-bond donors (Lipinski definition) is 0. The Balaban J connectivity index is 1.47. The highest BCUT2D eigenvalue weighted by molar-refractivity contribution is 5.92. The molecule has 0 N–H and O–H groups in total. The van der Waals surface area contributed by atoms with Crippen molar-refractivity contribution in [2.45, 2.75) is 26.5 Å². The van der Waals surface area contributed by atoms with E-state index in [4.69, 9.17) is 9.47 Å². The molecule has 0 aliphatic carbocycles. The minimum absolute atomic E-state index is 0.149. The Morgan fingerprint density at radius 2 is 1.62 bits per heavy atom. The zero-order valence-electron chi connectivity index (χ0n) is 17.0. The average molecular weight is 396 g/mol. The van der Waals surface area contributed by atoms with Gasteiger partial charge in [0.05, 0.1) is 12.2 Å². The molecule has 0 radical (unpaired) electrons. The van der Waals surface area contributed by atoms with Gasteiger partial charge >= 0.3 is 5.97 Å². The largest absolute Gasteiger partial charge is 0.494 e. The van der Waals surface area contributed by atoms with Crippen LogP contribution in [0.3, 0.4) is 0 Å². The van der Waals surface area contributed by atoms with Gasteiger partial charge in [-0.25, -0.2) is 4.79 Å². The van der Waals surface area contributed by atoms with E-state index >= 15 is 0 Å². The molecule has 0 saturated carbocycles. The fourth-order valence-electron chi connectivity index (χ4n) is 3.36. The van der Waals surface area contributed by atoms with Crippen LogP contribution in [0.1, 0.15) is 29.8 Å². The SMILES string of the molecule is CCOc1ccc(C(=O)OC(C)C(=O)N2CCN(Cc3ccccc3)CC2)cc1. The monoisotopic (exact) mass is 396 g/mol. The van der Waals surface area contributed by atoms with E-state index in [1.807, 2.05) is 25.1 Å².